The van der Waals surface area contributed by atoms with Crippen molar-refractivity contribution in [2.24, 2.45) is 0 Å². The number of carboxylic acids is 1. The molecule has 0 aliphatic rings. The molecule has 0 spiro atoms. The third-order valence-corrected chi connectivity index (χ3v) is 3.60. The zero-order chi connectivity index (χ0) is 14.3. The molecule has 1 atom stereocenters. The fourth-order valence-electron chi connectivity index (χ4n) is 2.30. The molecular formula is C16H31NaO3. The number of unbranched alkanes of at least 4 members (excludes halogenated alkanes) is 11. The standard InChI is InChI=1S/C16H32O3.Na/c1-2-3-4-5-6-7-8-9-10-11-12-13-14-15(17)16(18)19;/h15,17H,2-14H2,1H3,(H,18,19);/q;+1/p-1. The van der Waals surface area contributed by atoms with E-state index in [2.05, 4.69) is 6.92 Å². The van der Waals surface area contributed by atoms with E-state index < -0.39 is 12.1 Å². The van der Waals surface area contributed by atoms with Gasteiger partial charge in [0.25, 0.3) is 0 Å². The zero-order valence-corrected chi connectivity index (χ0v) is 15.5. The maximum absolute atomic E-state index is 10.3. The molecule has 20 heavy (non-hydrogen) atoms. The summed E-state index contributed by atoms with van der Waals surface area (Å²) in [6, 6.07) is 0. The molecule has 0 radical (unpaired) electrons. The summed E-state index contributed by atoms with van der Waals surface area (Å²) in [4.78, 5) is 10.3. The quantitative estimate of drug-likeness (QED) is 0.367. The van der Waals surface area contributed by atoms with E-state index in [0.717, 1.165) is 19.3 Å². The predicted octanol–water partition coefficient (Wildman–Crippen LogP) is 0.192. The van der Waals surface area contributed by atoms with Crippen LogP contribution in [0.1, 0.15) is 90.4 Å². The third-order valence-electron chi connectivity index (χ3n) is 3.60. The van der Waals surface area contributed by atoms with Gasteiger partial charge in [-0.25, -0.2) is 0 Å². The van der Waals surface area contributed by atoms with Gasteiger partial charge in [-0.15, -0.1) is 0 Å². The molecule has 0 saturated carbocycles. The van der Waals surface area contributed by atoms with Crippen molar-refractivity contribution in [1.29, 1.82) is 0 Å². The molecule has 0 bridgehead atoms. The zero-order valence-electron chi connectivity index (χ0n) is 13.5. The third kappa shape index (κ3) is 16.5. The van der Waals surface area contributed by atoms with Crippen molar-refractivity contribution in [1.82, 2.24) is 0 Å². The fourth-order valence-corrected chi connectivity index (χ4v) is 2.30. The van der Waals surface area contributed by atoms with Gasteiger partial charge in [0, 0.05) is 0 Å². The van der Waals surface area contributed by atoms with Gasteiger partial charge in [0.1, 0.15) is 0 Å². The summed E-state index contributed by atoms with van der Waals surface area (Å²) in [5.74, 6) is -1.34. The summed E-state index contributed by atoms with van der Waals surface area (Å²) < 4.78 is 0. The second-order valence-electron chi connectivity index (χ2n) is 5.51. The van der Waals surface area contributed by atoms with E-state index >= 15 is 0 Å². The van der Waals surface area contributed by atoms with Crippen molar-refractivity contribution in [3.05, 3.63) is 0 Å². The Balaban J connectivity index is 0. The minimum atomic E-state index is -1.34. The van der Waals surface area contributed by atoms with Gasteiger partial charge in [0.15, 0.2) is 0 Å². The maximum Gasteiger partial charge on any atom is 1.00 e. The summed E-state index contributed by atoms with van der Waals surface area (Å²) in [7, 11) is 0. The summed E-state index contributed by atoms with van der Waals surface area (Å²) >= 11 is 0. The topological polar surface area (TPSA) is 60.4 Å². The van der Waals surface area contributed by atoms with E-state index in [1.807, 2.05) is 0 Å². The molecule has 1 unspecified atom stereocenters. The SMILES string of the molecule is CCCCCCCCCCCCCCC(O)C(=O)[O-].[Na+]. The van der Waals surface area contributed by atoms with E-state index in [-0.39, 0.29) is 29.6 Å². The van der Waals surface area contributed by atoms with Gasteiger partial charge < -0.3 is 15.0 Å². The Hall–Kier alpha value is 0.430. The van der Waals surface area contributed by atoms with Gasteiger partial charge in [-0.05, 0) is 6.42 Å². The van der Waals surface area contributed by atoms with Gasteiger partial charge in [0.05, 0.1) is 12.1 Å². The van der Waals surface area contributed by atoms with Gasteiger partial charge in [-0.2, -0.15) is 0 Å². The van der Waals surface area contributed by atoms with E-state index in [9.17, 15) is 9.90 Å². The van der Waals surface area contributed by atoms with Crippen molar-refractivity contribution in [3.63, 3.8) is 0 Å². The number of hydrogen-bond donors (Lipinski definition) is 1. The maximum atomic E-state index is 10.3. The first kappa shape index (κ1) is 22.7. The van der Waals surface area contributed by atoms with Crippen LogP contribution in [-0.2, 0) is 4.79 Å². The summed E-state index contributed by atoms with van der Waals surface area (Å²) in [6.07, 6.45) is 14.0. The van der Waals surface area contributed by atoms with Crippen LogP contribution < -0.4 is 34.7 Å². The van der Waals surface area contributed by atoms with Crippen LogP contribution in [0.15, 0.2) is 0 Å². The van der Waals surface area contributed by atoms with Crippen LogP contribution in [0.5, 0.6) is 0 Å². The molecule has 114 valence electrons. The molecule has 0 rings (SSSR count). The molecule has 1 N–H and O–H groups in total. The Morgan fingerprint density at radius 3 is 1.55 bits per heavy atom. The van der Waals surface area contributed by atoms with E-state index in [4.69, 9.17) is 5.11 Å². The van der Waals surface area contributed by atoms with E-state index in [1.54, 1.807) is 0 Å². The molecule has 4 heteroatoms. The van der Waals surface area contributed by atoms with Crippen molar-refractivity contribution < 1.29 is 44.6 Å². The molecule has 0 aromatic rings. The van der Waals surface area contributed by atoms with E-state index in [1.165, 1.54) is 57.8 Å². The van der Waals surface area contributed by atoms with Gasteiger partial charge in [-0.3, -0.25) is 0 Å². The molecule has 0 fully saturated rings. The second kappa shape index (κ2) is 17.5. The molecule has 0 amide bonds. The number of carbonyl (C=O) groups excluding carboxylic acids is 1. The number of aliphatic hydroxyl groups is 1. The predicted molar refractivity (Wildman–Crippen MR) is 76.7 cm³/mol. The van der Waals surface area contributed by atoms with E-state index in [0.29, 0.717) is 6.42 Å². The molecule has 0 aliphatic heterocycles. The molecule has 0 aliphatic carbocycles. The number of carboxylic acid groups (broad SMARTS) is 1. The van der Waals surface area contributed by atoms with Crippen LogP contribution in [0, 0.1) is 0 Å². The number of rotatable bonds is 14. The summed E-state index contributed by atoms with van der Waals surface area (Å²) in [5, 5.41) is 19.3. The van der Waals surface area contributed by atoms with Crippen LogP contribution in [0.4, 0.5) is 0 Å². The monoisotopic (exact) mass is 294 g/mol. The van der Waals surface area contributed by atoms with Crippen molar-refractivity contribution in [2.75, 3.05) is 0 Å². The van der Waals surface area contributed by atoms with Crippen LogP contribution >= 0.6 is 0 Å². The Morgan fingerprint density at radius 1 is 0.850 bits per heavy atom. The number of hydrogen-bond acceptors (Lipinski definition) is 3. The van der Waals surface area contributed by atoms with Crippen LogP contribution in [0.3, 0.4) is 0 Å². The average Bonchev–Trinajstić information content (AvgIpc) is 2.39. The smallest absolute Gasteiger partial charge is 0.547 e. The van der Waals surface area contributed by atoms with Gasteiger partial charge in [-0.1, -0.05) is 84.0 Å². The Labute approximate surface area is 146 Å². The van der Waals surface area contributed by atoms with Crippen LogP contribution in [-0.4, -0.2) is 17.2 Å². The van der Waals surface area contributed by atoms with Crippen LogP contribution in [0.25, 0.3) is 0 Å². The molecular weight excluding hydrogens is 263 g/mol. The van der Waals surface area contributed by atoms with Crippen molar-refractivity contribution in [3.8, 4) is 0 Å². The van der Waals surface area contributed by atoms with Crippen LogP contribution in [0.2, 0.25) is 0 Å². The second-order valence-corrected chi connectivity index (χ2v) is 5.51. The first-order valence-electron chi connectivity index (χ1n) is 8.07. The number of aliphatic carboxylic acids is 1. The van der Waals surface area contributed by atoms with Crippen molar-refractivity contribution in [2.45, 2.75) is 96.5 Å². The number of carbonyl (C=O) groups is 1. The Kier molecular flexibility index (Phi) is 19.8. The largest absolute Gasteiger partial charge is 1.00 e. The summed E-state index contributed by atoms with van der Waals surface area (Å²) in [5.41, 5.74) is 0. The Morgan fingerprint density at radius 2 is 1.20 bits per heavy atom. The van der Waals surface area contributed by atoms with Crippen molar-refractivity contribution >= 4 is 5.97 Å². The minimum Gasteiger partial charge on any atom is -0.547 e. The molecule has 0 heterocycles. The molecule has 0 aromatic carbocycles. The minimum absolute atomic E-state index is 0. The Bertz CT molecular complexity index is 210. The number of aliphatic hydroxyl groups excluding tert-OH is 1. The van der Waals surface area contributed by atoms with Gasteiger partial charge in [0.2, 0.25) is 0 Å². The van der Waals surface area contributed by atoms with Gasteiger partial charge >= 0.3 is 29.6 Å². The first-order valence-corrected chi connectivity index (χ1v) is 8.07. The fraction of sp³-hybridized carbons (Fsp3) is 0.938. The summed E-state index contributed by atoms with van der Waals surface area (Å²) in [6.45, 7) is 2.24. The molecule has 3 nitrogen and oxygen atoms in total. The average molecular weight is 294 g/mol. The normalized spacial score (nSPS) is 11.9. The molecule has 0 aromatic heterocycles. The molecule has 0 saturated heterocycles. The first-order chi connectivity index (χ1) is 9.18.